The quantitative estimate of drug-likeness (QED) is 0.520. The zero-order valence-electron chi connectivity index (χ0n) is 11.6. The summed E-state index contributed by atoms with van der Waals surface area (Å²) in [4.78, 5) is 21.9. The van der Waals surface area contributed by atoms with Crippen LogP contribution in [0.15, 0.2) is 12.1 Å². The lowest BCUT2D eigenvalue weighted by atomic mass is 10.0. The van der Waals surface area contributed by atoms with E-state index in [-0.39, 0.29) is 11.3 Å². The van der Waals surface area contributed by atoms with E-state index in [0.29, 0.717) is 25.7 Å². The van der Waals surface area contributed by atoms with Crippen molar-refractivity contribution in [1.82, 2.24) is 0 Å². The molecule has 7 nitrogen and oxygen atoms in total. The standard InChI is InChI=1S/C13H15FN2O5/c1-13(3-4-21-7-13)15-10-5-8(12(17)20-2)9(14)6-11(10)16(18)19/h5-6,15H,3-4,7H2,1-2H3. The van der Waals surface area contributed by atoms with E-state index in [1.165, 1.54) is 0 Å². The molecule has 1 aliphatic rings. The highest BCUT2D eigenvalue weighted by Gasteiger charge is 2.32. The molecule has 1 heterocycles. The molecule has 21 heavy (non-hydrogen) atoms. The highest BCUT2D eigenvalue weighted by molar-refractivity contribution is 5.92. The fourth-order valence-electron chi connectivity index (χ4n) is 2.17. The van der Waals surface area contributed by atoms with Gasteiger partial charge in [0.25, 0.3) is 5.69 Å². The number of anilines is 1. The van der Waals surface area contributed by atoms with E-state index in [2.05, 4.69) is 10.1 Å². The molecule has 0 radical (unpaired) electrons. The molecule has 0 saturated carbocycles. The van der Waals surface area contributed by atoms with Crippen LogP contribution in [-0.2, 0) is 9.47 Å². The van der Waals surface area contributed by atoms with Crippen LogP contribution >= 0.6 is 0 Å². The van der Waals surface area contributed by atoms with E-state index < -0.39 is 27.9 Å². The van der Waals surface area contributed by atoms with Gasteiger partial charge in [0.1, 0.15) is 11.5 Å². The minimum absolute atomic E-state index is 0.0646. The Morgan fingerprint density at radius 3 is 2.81 bits per heavy atom. The topological polar surface area (TPSA) is 90.7 Å². The van der Waals surface area contributed by atoms with Gasteiger partial charge in [-0.15, -0.1) is 0 Å². The Labute approximate surface area is 120 Å². The number of hydrogen-bond acceptors (Lipinski definition) is 6. The van der Waals surface area contributed by atoms with Crippen LogP contribution < -0.4 is 5.32 Å². The Hall–Kier alpha value is -2.22. The van der Waals surface area contributed by atoms with Gasteiger partial charge < -0.3 is 14.8 Å². The Morgan fingerprint density at radius 2 is 2.29 bits per heavy atom. The van der Waals surface area contributed by atoms with Crippen LogP contribution in [0.2, 0.25) is 0 Å². The number of benzene rings is 1. The molecule has 0 spiro atoms. The highest BCUT2D eigenvalue weighted by atomic mass is 19.1. The van der Waals surface area contributed by atoms with Gasteiger partial charge in [0.15, 0.2) is 0 Å². The molecule has 0 aliphatic carbocycles. The summed E-state index contributed by atoms with van der Waals surface area (Å²) in [6.07, 6.45) is 0.648. The number of nitrogens with one attached hydrogen (secondary N) is 1. The van der Waals surface area contributed by atoms with Crippen LogP contribution in [0, 0.1) is 15.9 Å². The predicted octanol–water partition coefficient (Wildman–Crippen LogP) is 2.11. The lowest BCUT2D eigenvalue weighted by Gasteiger charge is -2.25. The number of rotatable bonds is 4. The summed E-state index contributed by atoms with van der Waals surface area (Å²) in [5.41, 5.74) is -1.23. The average Bonchev–Trinajstić information content (AvgIpc) is 2.85. The second kappa shape index (κ2) is 5.65. The molecule has 114 valence electrons. The summed E-state index contributed by atoms with van der Waals surface area (Å²) in [5, 5.41) is 14.0. The van der Waals surface area contributed by atoms with Gasteiger partial charge in [0.05, 0.1) is 35.8 Å². The van der Waals surface area contributed by atoms with Crippen molar-refractivity contribution in [2.45, 2.75) is 18.9 Å². The Morgan fingerprint density at radius 1 is 1.57 bits per heavy atom. The van der Waals surface area contributed by atoms with Gasteiger partial charge >= 0.3 is 5.97 Å². The SMILES string of the molecule is COC(=O)c1cc(NC2(C)CCOC2)c([N+](=O)[O-])cc1F. The number of nitro benzene ring substituents is 1. The van der Waals surface area contributed by atoms with E-state index in [1.807, 2.05) is 6.92 Å². The van der Waals surface area contributed by atoms with Gasteiger partial charge in [-0.2, -0.15) is 0 Å². The zero-order valence-corrected chi connectivity index (χ0v) is 11.6. The smallest absolute Gasteiger partial charge is 0.340 e. The summed E-state index contributed by atoms with van der Waals surface area (Å²) < 4.78 is 23.5. The van der Waals surface area contributed by atoms with Crippen LogP contribution in [0.25, 0.3) is 0 Å². The number of esters is 1. The number of methoxy groups -OCH3 is 1. The number of ether oxygens (including phenoxy) is 2. The number of nitrogens with zero attached hydrogens (tertiary/aromatic N) is 1. The molecule has 0 aromatic heterocycles. The minimum atomic E-state index is -0.994. The van der Waals surface area contributed by atoms with Crippen molar-refractivity contribution >= 4 is 17.3 Å². The fraction of sp³-hybridized carbons (Fsp3) is 0.462. The third kappa shape index (κ3) is 3.10. The van der Waals surface area contributed by atoms with Crippen LogP contribution in [0.5, 0.6) is 0 Å². The van der Waals surface area contributed by atoms with Crippen LogP contribution in [-0.4, -0.2) is 36.8 Å². The molecule has 1 saturated heterocycles. The van der Waals surface area contributed by atoms with Gasteiger partial charge in [-0.3, -0.25) is 10.1 Å². The van der Waals surface area contributed by atoms with E-state index >= 15 is 0 Å². The molecular weight excluding hydrogens is 283 g/mol. The summed E-state index contributed by atoms with van der Waals surface area (Å²) in [5.74, 6) is -1.88. The molecule has 0 amide bonds. The van der Waals surface area contributed by atoms with E-state index in [4.69, 9.17) is 4.74 Å². The molecule has 1 aromatic carbocycles. The molecule has 1 aliphatic heterocycles. The van der Waals surface area contributed by atoms with E-state index in [0.717, 1.165) is 13.2 Å². The van der Waals surface area contributed by atoms with E-state index in [9.17, 15) is 19.3 Å². The number of halogens is 1. The highest BCUT2D eigenvalue weighted by Crippen LogP contribution is 2.32. The van der Waals surface area contributed by atoms with Gasteiger partial charge in [-0.1, -0.05) is 0 Å². The maximum atomic E-state index is 13.8. The van der Waals surface area contributed by atoms with Gasteiger partial charge in [-0.05, 0) is 19.4 Å². The van der Waals surface area contributed by atoms with Gasteiger partial charge in [-0.25, -0.2) is 9.18 Å². The van der Waals surface area contributed by atoms with Crippen molar-refractivity contribution < 1.29 is 23.6 Å². The molecule has 0 bridgehead atoms. The van der Waals surface area contributed by atoms with Crippen molar-refractivity contribution in [2.24, 2.45) is 0 Å². The molecule has 1 unspecified atom stereocenters. The Balaban J connectivity index is 2.45. The molecule has 2 rings (SSSR count). The maximum Gasteiger partial charge on any atom is 0.340 e. The lowest BCUT2D eigenvalue weighted by molar-refractivity contribution is -0.384. The maximum absolute atomic E-state index is 13.8. The number of nitro groups is 1. The number of hydrogen-bond donors (Lipinski definition) is 1. The zero-order chi connectivity index (χ0) is 15.6. The largest absolute Gasteiger partial charge is 0.465 e. The third-order valence-electron chi connectivity index (χ3n) is 3.34. The van der Waals surface area contributed by atoms with Crippen molar-refractivity contribution in [2.75, 3.05) is 25.6 Å². The summed E-state index contributed by atoms with van der Waals surface area (Å²) >= 11 is 0. The summed E-state index contributed by atoms with van der Waals surface area (Å²) in [7, 11) is 1.11. The van der Waals surface area contributed by atoms with Crippen LogP contribution in [0.4, 0.5) is 15.8 Å². The molecular formula is C13H15FN2O5. The molecule has 1 N–H and O–H groups in total. The first-order chi connectivity index (χ1) is 9.86. The van der Waals surface area contributed by atoms with Crippen molar-refractivity contribution in [1.29, 1.82) is 0 Å². The Bertz CT molecular complexity index is 584. The van der Waals surface area contributed by atoms with Crippen LogP contribution in [0.1, 0.15) is 23.7 Å². The number of carbonyl (C=O) groups excluding carboxylic acids is 1. The van der Waals surface area contributed by atoms with Gasteiger partial charge in [0, 0.05) is 6.61 Å². The number of carbonyl (C=O) groups is 1. The molecule has 1 aromatic rings. The van der Waals surface area contributed by atoms with Crippen LogP contribution in [0.3, 0.4) is 0 Å². The second-order valence-electron chi connectivity index (χ2n) is 5.09. The normalized spacial score (nSPS) is 21.1. The summed E-state index contributed by atoms with van der Waals surface area (Å²) in [6, 6.07) is 1.82. The third-order valence-corrected chi connectivity index (χ3v) is 3.34. The monoisotopic (exact) mass is 298 g/mol. The summed E-state index contributed by atoms with van der Waals surface area (Å²) in [6.45, 7) is 2.74. The van der Waals surface area contributed by atoms with Crippen molar-refractivity contribution in [3.05, 3.63) is 33.6 Å². The average molecular weight is 298 g/mol. The van der Waals surface area contributed by atoms with Crippen molar-refractivity contribution in [3.8, 4) is 0 Å². The fourth-order valence-corrected chi connectivity index (χ4v) is 2.17. The predicted molar refractivity (Wildman–Crippen MR) is 71.9 cm³/mol. The molecule has 8 heteroatoms. The van der Waals surface area contributed by atoms with E-state index in [1.54, 1.807) is 0 Å². The van der Waals surface area contributed by atoms with Crippen molar-refractivity contribution in [3.63, 3.8) is 0 Å². The Kier molecular flexibility index (Phi) is 4.08. The molecule has 1 fully saturated rings. The molecule has 1 atom stereocenters. The lowest BCUT2D eigenvalue weighted by Crippen LogP contribution is -2.35. The van der Waals surface area contributed by atoms with Gasteiger partial charge in [0.2, 0.25) is 0 Å². The first kappa shape index (κ1) is 15.2. The minimum Gasteiger partial charge on any atom is -0.465 e. The first-order valence-electron chi connectivity index (χ1n) is 6.28. The first-order valence-corrected chi connectivity index (χ1v) is 6.28. The second-order valence-corrected chi connectivity index (χ2v) is 5.09.